The summed E-state index contributed by atoms with van der Waals surface area (Å²) in [6.07, 6.45) is 5.13. The number of aryl methyl sites for hydroxylation is 1. The molecule has 1 aliphatic rings. The molecule has 5 aromatic rings. The molecule has 0 amide bonds. The number of nitrogens with one attached hydrogen (secondary N) is 3. The first-order valence-electron chi connectivity index (χ1n) is 11.3. The molecular weight excluding hydrogens is 483 g/mol. The zero-order valence-electron chi connectivity index (χ0n) is 19.1. The maximum absolute atomic E-state index is 14.1. The Morgan fingerprint density at radius 1 is 1.28 bits per heavy atom. The normalized spacial score (nSPS) is 14.7. The summed E-state index contributed by atoms with van der Waals surface area (Å²) in [4.78, 5) is 32.3. The van der Waals surface area contributed by atoms with Crippen molar-refractivity contribution in [3.8, 4) is 16.3 Å². The van der Waals surface area contributed by atoms with Gasteiger partial charge in [-0.25, -0.2) is 14.2 Å². The number of hydrogen-bond acceptors (Lipinski definition) is 8. The lowest BCUT2D eigenvalue weighted by molar-refractivity contribution is 0.454. The van der Waals surface area contributed by atoms with Crippen LogP contribution in [0.15, 0.2) is 46.3 Å². The Kier molecular flexibility index (Phi) is 5.37. The highest BCUT2D eigenvalue weighted by Gasteiger charge is 2.21. The quantitative estimate of drug-likeness (QED) is 0.280. The van der Waals surface area contributed by atoms with Gasteiger partial charge in [-0.2, -0.15) is 19.6 Å². The van der Waals surface area contributed by atoms with Crippen LogP contribution in [0.2, 0.25) is 0 Å². The van der Waals surface area contributed by atoms with E-state index in [0.717, 1.165) is 33.7 Å². The van der Waals surface area contributed by atoms with Crippen LogP contribution < -0.4 is 21.8 Å². The van der Waals surface area contributed by atoms with E-state index in [1.54, 1.807) is 29.7 Å². The van der Waals surface area contributed by atoms with Crippen LogP contribution in [0.25, 0.3) is 22.2 Å². The topological polar surface area (TPSA) is 136 Å². The van der Waals surface area contributed by atoms with Crippen molar-refractivity contribution in [3.05, 3.63) is 79.8 Å². The van der Waals surface area contributed by atoms with E-state index in [-0.39, 0.29) is 23.4 Å². The smallest absolute Gasteiger partial charge is 0.326 e. The van der Waals surface area contributed by atoms with Crippen molar-refractivity contribution in [2.75, 3.05) is 5.32 Å². The summed E-state index contributed by atoms with van der Waals surface area (Å²) in [5, 5.41) is 18.1. The molecule has 1 aromatic carbocycles. The molecule has 0 saturated heterocycles. The predicted molar refractivity (Wildman–Crippen MR) is 133 cm³/mol. The van der Waals surface area contributed by atoms with E-state index in [1.165, 1.54) is 16.6 Å². The van der Waals surface area contributed by atoms with E-state index in [1.807, 2.05) is 19.1 Å². The van der Waals surface area contributed by atoms with Gasteiger partial charge in [0.1, 0.15) is 11.5 Å². The molecule has 0 unspecified atom stereocenters. The number of H-pyrrole nitrogens is 2. The van der Waals surface area contributed by atoms with E-state index >= 15 is 0 Å². The van der Waals surface area contributed by atoms with Gasteiger partial charge in [0.2, 0.25) is 11.8 Å². The fraction of sp³-hybridized carbons (Fsp3) is 0.208. The Hall–Kier alpha value is -4.32. The van der Waals surface area contributed by atoms with Crippen LogP contribution in [0.1, 0.15) is 29.0 Å². The van der Waals surface area contributed by atoms with E-state index in [2.05, 4.69) is 35.3 Å². The predicted octanol–water partition coefficient (Wildman–Crippen LogP) is 2.25. The number of fused-ring (bicyclic) bond motifs is 1. The minimum Gasteiger partial charge on any atom is -0.493 e. The van der Waals surface area contributed by atoms with Gasteiger partial charge in [0.05, 0.1) is 12.2 Å². The van der Waals surface area contributed by atoms with Crippen LogP contribution >= 0.6 is 11.3 Å². The van der Waals surface area contributed by atoms with Crippen molar-refractivity contribution < 1.29 is 9.50 Å². The number of imidazole rings is 1. The average Bonchev–Trinajstić information content (AvgIpc) is 3.25. The van der Waals surface area contributed by atoms with E-state index in [0.29, 0.717) is 29.0 Å². The molecule has 0 spiro atoms. The SMILES string of the molecule is Cc1ccc(-c2cc(F)ccc2CNc2nc(=NC3CC3)n3ncc(=Cc4[nH]c(=O)[nH]c4O)c3n2)s1. The van der Waals surface area contributed by atoms with Gasteiger partial charge < -0.3 is 15.4 Å². The molecule has 0 bridgehead atoms. The minimum absolute atomic E-state index is 0.198. The number of aromatic amines is 2. The Morgan fingerprint density at radius 2 is 2.14 bits per heavy atom. The largest absolute Gasteiger partial charge is 0.493 e. The number of aromatic nitrogens is 6. The van der Waals surface area contributed by atoms with Gasteiger partial charge >= 0.3 is 5.69 Å². The lowest BCUT2D eigenvalue weighted by Gasteiger charge is -2.10. The fourth-order valence-electron chi connectivity index (χ4n) is 3.85. The maximum Gasteiger partial charge on any atom is 0.326 e. The van der Waals surface area contributed by atoms with Gasteiger partial charge in [-0.05, 0) is 61.2 Å². The van der Waals surface area contributed by atoms with Crippen molar-refractivity contribution in [2.45, 2.75) is 32.4 Å². The van der Waals surface area contributed by atoms with Gasteiger partial charge in [0.25, 0.3) is 5.62 Å². The summed E-state index contributed by atoms with van der Waals surface area (Å²) in [5.74, 6) is -0.239. The van der Waals surface area contributed by atoms with E-state index in [9.17, 15) is 14.3 Å². The zero-order valence-corrected chi connectivity index (χ0v) is 19.9. The van der Waals surface area contributed by atoms with Crippen molar-refractivity contribution in [1.29, 1.82) is 0 Å². The highest BCUT2D eigenvalue weighted by atomic mass is 32.1. The van der Waals surface area contributed by atoms with Crippen LogP contribution in [0, 0.1) is 12.7 Å². The molecule has 0 atom stereocenters. The molecule has 6 rings (SSSR count). The van der Waals surface area contributed by atoms with E-state index in [4.69, 9.17) is 0 Å². The summed E-state index contributed by atoms with van der Waals surface area (Å²) >= 11 is 1.61. The molecule has 0 radical (unpaired) electrons. The van der Waals surface area contributed by atoms with Gasteiger partial charge in [-0.15, -0.1) is 11.3 Å². The third-order valence-corrected chi connectivity index (χ3v) is 6.81. The Morgan fingerprint density at radius 3 is 2.86 bits per heavy atom. The number of nitrogens with zero attached hydrogens (tertiary/aromatic N) is 5. The van der Waals surface area contributed by atoms with Crippen LogP contribution in [-0.4, -0.2) is 40.7 Å². The molecular formula is C24H21FN8O2S. The van der Waals surface area contributed by atoms with Gasteiger partial charge in [-0.1, -0.05) is 6.07 Å². The van der Waals surface area contributed by atoms with Gasteiger partial charge in [0.15, 0.2) is 5.65 Å². The number of benzene rings is 1. The highest BCUT2D eigenvalue weighted by Crippen LogP contribution is 2.31. The monoisotopic (exact) mass is 504 g/mol. The third-order valence-electron chi connectivity index (χ3n) is 5.77. The van der Waals surface area contributed by atoms with Crippen molar-refractivity contribution >= 4 is 29.0 Å². The van der Waals surface area contributed by atoms with Gasteiger partial charge in [-0.3, -0.25) is 4.98 Å². The second kappa shape index (κ2) is 8.72. The summed E-state index contributed by atoms with van der Waals surface area (Å²) in [5.41, 5.74) is 2.28. The van der Waals surface area contributed by atoms with Gasteiger partial charge in [0, 0.05) is 21.5 Å². The number of halogens is 1. The number of anilines is 1. The molecule has 36 heavy (non-hydrogen) atoms. The van der Waals surface area contributed by atoms with Crippen LogP contribution in [0.5, 0.6) is 5.88 Å². The van der Waals surface area contributed by atoms with Crippen LogP contribution in [0.4, 0.5) is 10.3 Å². The lowest BCUT2D eigenvalue weighted by atomic mass is 10.1. The molecule has 4 aromatic heterocycles. The van der Waals surface area contributed by atoms with Crippen LogP contribution in [0.3, 0.4) is 0 Å². The van der Waals surface area contributed by atoms with Crippen molar-refractivity contribution in [3.63, 3.8) is 0 Å². The lowest BCUT2D eigenvalue weighted by Crippen LogP contribution is -2.24. The van der Waals surface area contributed by atoms with E-state index < -0.39 is 5.69 Å². The van der Waals surface area contributed by atoms with Crippen LogP contribution in [-0.2, 0) is 6.54 Å². The molecule has 182 valence electrons. The molecule has 4 N–H and O–H groups in total. The molecule has 4 heterocycles. The molecule has 1 fully saturated rings. The fourth-order valence-corrected chi connectivity index (χ4v) is 4.76. The standard InChI is InChI=1S/C24H21FN8O2S/c1-12-2-7-19(36-12)17-9-15(25)4-3-13(17)10-26-22-30-20-14(8-18-21(34)31-24(35)29-18)11-27-33(20)23(32-22)28-16-5-6-16/h2-4,7-9,11,16,34H,5-6,10H2,1H3,(H,26,28,32)(H2,29,31,35). The molecule has 1 aliphatic carbocycles. The summed E-state index contributed by atoms with van der Waals surface area (Å²) in [6.45, 7) is 2.38. The molecule has 12 heteroatoms. The van der Waals surface area contributed by atoms with Crippen molar-refractivity contribution in [2.24, 2.45) is 4.99 Å². The molecule has 10 nitrogen and oxygen atoms in total. The molecule has 0 aliphatic heterocycles. The first kappa shape index (κ1) is 22.2. The van der Waals surface area contributed by atoms with Crippen molar-refractivity contribution in [1.82, 2.24) is 29.5 Å². The molecule has 1 saturated carbocycles. The number of rotatable bonds is 6. The zero-order chi connectivity index (χ0) is 24.8. The maximum atomic E-state index is 14.1. The first-order valence-corrected chi connectivity index (χ1v) is 12.2. The number of thiophene rings is 1. The summed E-state index contributed by atoms with van der Waals surface area (Å²) in [6, 6.07) is 8.93. The number of hydrogen-bond donors (Lipinski definition) is 4. The Balaban J connectivity index is 1.41. The number of aromatic hydroxyl groups is 1. The second-order valence-corrected chi connectivity index (χ2v) is 9.88. The highest BCUT2D eigenvalue weighted by molar-refractivity contribution is 7.15. The second-order valence-electron chi connectivity index (χ2n) is 8.59. The Labute approximate surface area is 206 Å². The average molecular weight is 505 g/mol. The third kappa shape index (κ3) is 4.38. The summed E-state index contributed by atoms with van der Waals surface area (Å²) in [7, 11) is 0. The Bertz CT molecular complexity index is 1780. The first-order chi connectivity index (χ1) is 17.4. The summed E-state index contributed by atoms with van der Waals surface area (Å²) < 4.78 is 15.6. The minimum atomic E-state index is -0.521.